The molecular weight excluding hydrogens is 466 g/mol. The van der Waals surface area contributed by atoms with E-state index in [2.05, 4.69) is 19.4 Å². The fourth-order valence-electron chi connectivity index (χ4n) is 3.55. The summed E-state index contributed by atoms with van der Waals surface area (Å²) in [5.41, 5.74) is -0.783. The lowest BCUT2D eigenvalue weighted by molar-refractivity contribution is -0.286. The van der Waals surface area contributed by atoms with Gasteiger partial charge in [-0.15, -0.1) is 8.78 Å². The van der Waals surface area contributed by atoms with Crippen molar-refractivity contribution in [2.75, 3.05) is 33.3 Å². The standard InChI is InChI=1S/C23H24F2N4O6/c1-22(2,32)21-26-15(13-18(27-21)33-3)20(31)29-10-8-28(9-11-29)19(30)7-5-14-4-6-16-17(12-14)35-23(24,25)34-16/h4-7,12-13,32H,8-11H2,1-3H3/b7-5+. The van der Waals surface area contributed by atoms with Crippen LogP contribution in [-0.4, -0.2) is 76.3 Å². The van der Waals surface area contributed by atoms with Crippen molar-refractivity contribution in [1.29, 1.82) is 0 Å². The monoisotopic (exact) mass is 490 g/mol. The van der Waals surface area contributed by atoms with E-state index in [0.29, 0.717) is 18.7 Å². The van der Waals surface area contributed by atoms with Crippen LogP contribution in [0.4, 0.5) is 8.78 Å². The SMILES string of the molecule is COc1cc(C(=O)N2CCN(C(=O)/C=C/c3ccc4c(c3)OC(F)(F)O4)CC2)nc(C(C)(C)O)n1. The van der Waals surface area contributed by atoms with E-state index in [4.69, 9.17) is 4.74 Å². The molecule has 2 aliphatic heterocycles. The molecule has 1 aromatic carbocycles. The van der Waals surface area contributed by atoms with Gasteiger partial charge in [-0.25, -0.2) is 4.98 Å². The zero-order valence-corrected chi connectivity index (χ0v) is 19.3. The number of rotatable bonds is 5. The number of amides is 2. The minimum absolute atomic E-state index is 0.0615. The number of benzene rings is 1. The average molecular weight is 490 g/mol. The van der Waals surface area contributed by atoms with Gasteiger partial charge in [0, 0.05) is 38.3 Å². The second kappa shape index (κ2) is 9.10. The minimum atomic E-state index is -3.70. The van der Waals surface area contributed by atoms with Crippen LogP contribution in [0.15, 0.2) is 30.3 Å². The highest BCUT2D eigenvalue weighted by molar-refractivity contribution is 5.94. The van der Waals surface area contributed by atoms with Crippen LogP contribution >= 0.6 is 0 Å². The molecule has 10 nitrogen and oxygen atoms in total. The Balaban J connectivity index is 1.37. The van der Waals surface area contributed by atoms with Gasteiger partial charge in [0.2, 0.25) is 11.8 Å². The van der Waals surface area contributed by atoms with Gasteiger partial charge in [0.1, 0.15) is 11.3 Å². The van der Waals surface area contributed by atoms with Gasteiger partial charge in [-0.3, -0.25) is 9.59 Å². The predicted octanol–water partition coefficient (Wildman–Crippen LogP) is 2.03. The highest BCUT2D eigenvalue weighted by atomic mass is 19.3. The van der Waals surface area contributed by atoms with Crippen LogP contribution in [0.25, 0.3) is 6.08 Å². The highest BCUT2D eigenvalue weighted by Crippen LogP contribution is 2.41. The molecule has 186 valence electrons. The first-order valence-corrected chi connectivity index (χ1v) is 10.8. The van der Waals surface area contributed by atoms with Gasteiger partial charge in [-0.1, -0.05) is 6.07 Å². The Morgan fingerprint density at radius 1 is 1.09 bits per heavy atom. The van der Waals surface area contributed by atoms with Gasteiger partial charge in [-0.2, -0.15) is 4.98 Å². The second-order valence-corrected chi connectivity index (χ2v) is 8.50. The Morgan fingerprint density at radius 2 is 1.74 bits per heavy atom. The third-order valence-electron chi connectivity index (χ3n) is 5.40. The van der Waals surface area contributed by atoms with Gasteiger partial charge in [0.25, 0.3) is 5.91 Å². The lowest BCUT2D eigenvalue weighted by atomic mass is 10.1. The highest BCUT2D eigenvalue weighted by Gasteiger charge is 2.43. The third-order valence-corrected chi connectivity index (χ3v) is 5.40. The molecule has 1 aromatic heterocycles. The summed E-state index contributed by atoms with van der Waals surface area (Å²) in [6.45, 7) is 4.16. The van der Waals surface area contributed by atoms with E-state index in [9.17, 15) is 23.5 Å². The number of carbonyl (C=O) groups is 2. The van der Waals surface area contributed by atoms with Gasteiger partial charge in [0.15, 0.2) is 17.3 Å². The number of hydrogen-bond donors (Lipinski definition) is 1. The van der Waals surface area contributed by atoms with Crippen molar-refractivity contribution in [3.05, 3.63) is 47.4 Å². The van der Waals surface area contributed by atoms with Gasteiger partial charge < -0.3 is 29.1 Å². The van der Waals surface area contributed by atoms with Gasteiger partial charge in [0.05, 0.1) is 7.11 Å². The molecule has 12 heteroatoms. The van der Waals surface area contributed by atoms with Crippen molar-refractivity contribution < 1.29 is 37.7 Å². The normalized spacial score (nSPS) is 17.1. The number of hydrogen-bond acceptors (Lipinski definition) is 8. The summed E-state index contributed by atoms with van der Waals surface area (Å²) in [4.78, 5) is 37.0. The van der Waals surface area contributed by atoms with Crippen molar-refractivity contribution in [2.24, 2.45) is 0 Å². The van der Waals surface area contributed by atoms with E-state index in [0.717, 1.165) is 0 Å². The summed E-state index contributed by atoms with van der Waals surface area (Å²) in [5.74, 6) is -0.608. The summed E-state index contributed by atoms with van der Waals surface area (Å²) in [6.07, 6.45) is -0.881. The Bertz CT molecular complexity index is 1170. The van der Waals surface area contributed by atoms with E-state index < -0.39 is 11.9 Å². The molecule has 2 amide bonds. The topological polar surface area (TPSA) is 114 Å². The first kappa shape index (κ1) is 24.3. The molecule has 0 radical (unpaired) electrons. The van der Waals surface area contributed by atoms with E-state index >= 15 is 0 Å². The molecule has 0 spiro atoms. The Morgan fingerprint density at radius 3 is 2.40 bits per heavy atom. The lowest BCUT2D eigenvalue weighted by Gasteiger charge is -2.34. The molecule has 0 bridgehead atoms. The molecule has 0 unspecified atom stereocenters. The van der Waals surface area contributed by atoms with Crippen LogP contribution in [0.5, 0.6) is 17.4 Å². The smallest absolute Gasteiger partial charge is 0.481 e. The number of methoxy groups -OCH3 is 1. The van der Waals surface area contributed by atoms with Crippen LogP contribution in [0.2, 0.25) is 0 Å². The maximum atomic E-state index is 13.2. The summed E-state index contributed by atoms with van der Waals surface area (Å²) >= 11 is 0. The molecule has 1 saturated heterocycles. The fourth-order valence-corrected chi connectivity index (χ4v) is 3.55. The van der Waals surface area contributed by atoms with Gasteiger partial charge >= 0.3 is 6.29 Å². The second-order valence-electron chi connectivity index (χ2n) is 8.50. The van der Waals surface area contributed by atoms with Crippen LogP contribution in [0.1, 0.15) is 35.7 Å². The molecule has 0 aliphatic carbocycles. The van der Waals surface area contributed by atoms with E-state index in [1.54, 1.807) is 9.80 Å². The number of aliphatic hydroxyl groups is 1. The van der Waals surface area contributed by atoms with Crippen molar-refractivity contribution in [1.82, 2.24) is 19.8 Å². The molecule has 0 saturated carbocycles. The number of ether oxygens (including phenoxy) is 3. The quantitative estimate of drug-likeness (QED) is 0.634. The number of alkyl halides is 2. The molecule has 35 heavy (non-hydrogen) atoms. The van der Waals surface area contributed by atoms with Crippen LogP contribution in [0.3, 0.4) is 0 Å². The number of halogens is 2. The average Bonchev–Trinajstić information content (AvgIpc) is 3.14. The Kier molecular flexibility index (Phi) is 6.32. The predicted molar refractivity (Wildman–Crippen MR) is 118 cm³/mol. The maximum absolute atomic E-state index is 13.2. The number of nitrogens with zero attached hydrogens (tertiary/aromatic N) is 4. The zero-order chi connectivity index (χ0) is 25.4. The minimum Gasteiger partial charge on any atom is -0.481 e. The van der Waals surface area contributed by atoms with Crippen LogP contribution in [0, 0.1) is 0 Å². The Hall–Kier alpha value is -3.80. The molecule has 3 heterocycles. The molecule has 1 N–H and O–H groups in total. The van der Waals surface area contributed by atoms with Crippen LogP contribution < -0.4 is 14.2 Å². The van der Waals surface area contributed by atoms with E-state index in [1.807, 2.05) is 0 Å². The first-order chi connectivity index (χ1) is 16.4. The summed E-state index contributed by atoms with van der Waals surface area (Å²) in [6, 6.07) is 5.63. The van der Waals surface area contributed by atoms with Crippen molar-refractivity contribution >= 4 is 17.9 Å². The summed E-state index contributed by atoms with van der Waals surface area (Å²) in [5, 5.41) is 10.2. The third kappa shape index (κ3) is 5.48. The lowest BCUT2D eigenvalue weighted by Crippen LogP contribution is -2.50. The van der Waals surface area contributed by atoms with Crippen molar-refractivity contribution in [3.63, 3.8) is 0 Å². The zero-order valence-electron chi connectivity index (χ0n) is 19.3. The molecule has 2 aromatic rings. The summed E-state index contributed by atoms with van der Waals surface area (Å²) < 4.78 is 40.2. The maximum Gasteiger partial charge on any atom is 0.586 e. The van der Waals surface area contributed by atoms with E-state index in [1.165, 1.54) is 57.4 Å². The van der Waals surface area contributed by atoms with E-state index in [-0.39, 0.29) is 53.8 Å². The first-order valence-electron chi connectivity index (χ1n) is 10.8. The number of piperazine rings is 1. The Labute approximate surface area is 199 Å². The summed E-state index contributed by atoms with van der Waals surface area (Å²) in [7, 11) is 1.40. The number of aromatic nitrogens is 2. The van der Waals surface area contributed by atoms with Crippen molar-refractivity contribution in [2.45, 2.75) is 25.7 Å². The van der Waals surface area contributed by atoms with Gasteiger partial charge in [-0.05, 0) is 37.6 Å². The largest absolute Gasteiger partial charge is 0.586 e. The number of carbonyl (C=O) groups excluding carboxylic acids is 2. The molecule has 4 rings (SSSR count). The molecule has 1 fully saturated rings. The molecular formula is C23H24F2N4O6. The fraction of sp³-hybridized carbons (Fsp3) is 0.391. The number of fused-ring (bicyclic) bond motifs is 1. The molecule has 0 atom stereocenters. The molecule has 2 aliphatic rings. The van der Waals surface area contributed by atoms with Crippen LogP contribution in [-0.2, 0) is 10.4 Å². The van der Waals surface area contributed by atoms with Crippen molar-refractivity contribution in [3.8, 4) is 17.4 Å².